The van der Waals surface area contributed by atoms with E-state index in [2.05, 4.69) is 19.8 Å². The molecule has 1 aliphatic heterocycles. The van der Waals surface area contributed by atoms with E-state index in [0.717, 1.165) is 19.6 Å². The van der Waals surface area contributed by atoms with Gasteiger partial charge in [-0.2, -0.15) is 0 Å². The molecule has 0 aromatic heterocycles. The number of hydrogen-bond acceptors (Lipinski definition) is 2. The fraction of sp³-hybridized carbons (Fsp3) is 0.667. The standard InChI is InChI=1S/C15H24N2O/c1-5-8-16(4)9-6-7-15(18)17-11-13(2)10-14(3)12-17/h1,6-7,13-14H,8-12H2,2-4H3/b7-6+. The van der Waals surface area contributed by atoms with E-state index >= 15 is 0 Å². The molecule has 2 atom stereocenters. The number of rotatable bonds is 4. The molecule has 0 saturated carbocycles. The lowest BCUT2D eigenvalue weighted by molar-refractivity contribution is -0.128. The van der Waals surface area contributed by atoms with Crippen molar-refractivity contribution in [3.05, 3.63) is 12.2 Å². The van der Waals surface area contributed by atoms with Gasteiger partial charge >= 0.3 is 0 Å². The second kappa shape index (κ2) is 7.23. The maximum absolute atomic E-state index is 12.0. The smallest absolute Gasteiger partial charge is 0.246 e. The lowest BCUT2D eigenvalue weighted by Gasteiger charge is -2.34. The van der Waals surface area contributed by atoms with E-state index in [1.54, 1.807) is 6.08 Å². The molecule has 0 N–H and O–H groups in total. The van der Waals surface area contributed by atoms with Gasteiger partial charge in [0.1, 0.15) is 0 Å². The molecule has 1 rings (SSSR count). The maximum Gasteiger partial charge on any atom is 0.246 e. The van der Waals surface area contributed by atoms with Crippen molar-refractivity contribution in [2.24, 2.45) is 11.8 Å². The average Bonchev–Trinajstić information content (AvgIpc) is 2.27. The van der Waals surface area contributed by atoms with Crippen molar-refractivity contribution in [3.63, 3.8) is 0 Å². The minimum Gasteiger partial charge on any atom is -0.339 e. The Bertz CT molecular complexity index is 333. The Kier molecular flexibility index (Phi) is 5.94. The number of likely N-dealkylation sites (N-methyl/N-ethyl adjacent to an activating group) is 1. The lowest BCUT2D eigenvalue weighted by Crippen LogP contribution is -2.41. The summed E-state index contributed by atoms with van der Waals surface area (Å²) in [5.74, 6) is 3.92. The molecule has 100 valence electrons. The van der Waals surface area contributed by atoms with Gasteiger partial charge in [0.2, 0.25) is 5.91 Å². The molecule has 0 aromatic carbocycles. The zero-order valence-electron chi connectivity index (χ0n) is 11.7. The Balaban J connectivity index is 2.40. The second-order valence-electron chi connectivity index (χ2n) is 5.49. The molecular weight excluding hydrogens is 224 g/mol. The van der Waals surface area contributed by atoms with Gasteiger partial charge in [-0.1, -0.05) is 25.8 Å². The normalized spacial score (nSPS) is 24.5. The first-order valence-electron chi connectivity index (χ1n) is 6.60. The van der Waals surface area contributed by atoms with Gasteiger partial charge in [-0.05, 0) is 25.3 Å². The van der Waals surface area contributed by atoms with Crippen molar-refractivity contribution in [1.82, 2.24) is 9.80 Å². The third-order valence-electron chi connectivity index (χ3n) is 3.22. The molecule has 0 aliphatic carbocycles. The number of carbonyl (C=O) groups is 1. The molecular formula is C15H24N2O. The summed E-state index contributed by atoms with van der Waals surface area (Å²) in [7, 11) is 1.94. The van der Waals surface area contributed by atoms with Gasteiger partial charge in [0, 0.05) is 25.7 Å². The first-order valence-corrected chi connectivity index (χ1v) is 6.60. The Morgan fingerprint density at radius 1 is 1.44 bits per heavy atom. The fourth-order valence-electron chi connectivity index (χ4n) is 2.50. The summed E-state index contributed by atoms with van der Waals surface area (Å²) in [6.07, 6.45) is 10.0. The minimum atomic E-state index is 0.127. The molecule has 1 saturated heterocycles. The second-order valence-corrected chi connectivity index (χ2v) is 5.49. The summed E-state index contributed by atoms with van der Waals surface area (Å²) in [6, 6.07) is 0. The largest absolute Gasteiger partial charge is 0.339 e. The third kappa shape index (κ3) is 4.93. The molecule has 0 aromatic rings. The van der Waals surface area contributed by atoms with Crippen molar-refractivity contribution in [3.8, 4) is 12.3 Å². The van der Waals surface area contributed by atoms with Gasteiger partial charge in [-0.15, -0.1) is 6.42 Å². The van der Waals surface area contributed by atoms with Crippen LogP contribution in [0.15, 0.2) is 12.2 Å². The SMILES string of the molecule is C#CCN(C)C/C=C/C(=O)N1CC(C)CC(C)C1. The third-order valence-corrected chi connectivity index (χ3v) is 3.22. The van der Waals surface area contributed by atoms with Gasteiger partial charge in [-0.25, -0.2) is 0 Å². The number of carbonyl (C=O) groups excluding carboxylic acids is 1. The van der Waals surface area contributed by atoms with Crippen molar-refractivity contribution in [1.29, 1.82) is 0 Å². The van der Waals surface area contributed by atoms with E-state index in [-0.39, 0.29) is 5.91 Å². The maximum atomic E-state index is 12.0. The lowest BCUT2D eigenvalue weighted by atomic mass is 9.92. The zero-order chi connectivity index (χ0) is 13.5. The predicted octanol–water partition coefficient (Wildman–Crippen LogP) is 1.61. The molecule has 3 nitrogen and oxygen atoms in total. The topological polar surface area (TPSA) is 23.6 Å². The van der Waals surface area contributed by atoms with Gasteiger partial charge in [0.25, 0.3) is 0 Å². The molecule has 0 spiro atoms. The predicted molar refractivity (Wildman–Crippen MR) is 75.0 cm³/mol. The van der Waals surface area contributed by atoms with Crippen LogP contribution in [0.25, 0.3) is 0 Å². The van der Waals surface area contributed by atoms with E-state index in [9.17, 15) is 4.79 Å². The van der Waals surface area contributed by atoms with Crippen LogP contribution in [0, 0.1) is 24.2 Å². The summed E-state index contributed by atoms with van der Waals surface area (Å²) in [6.45, 7) is 7.51. The van der Waals surface area contributed by atoms with Crippen molar-refractivity contribution in [2.75, 3.05) is 33.2 Å². The van der Waals surface area contributed by atoms with E-state index in [4.69, 9.17) is 6.42 Å². The highest BCUT2D eigenvalue weighted by Gasteiger charge is 2.23. The Hall–Kier alpha value is -1.27. The molecule has 1 amide bonds. The Morgan fingerprint density at radius 3 is 2.61 bits per heavy atom. The van der Waals surface area contributed by atoms with E-state index in [1.807, 2.05) is 22.9 Å². The highest BCUT2D eigenvalue weighted by Crippen LogP contribution is 2.20. The average molecular weight is 248 g/mol. The molecule has 0 bridgehead atoms. The van der Waals surface area contributed by atoms with Crippen LogP contribution < -0.4 is 0 Å². The van der Waals surface area contributed by atoms with Crippen LogP contribution in [0.4, 0.5) is 0 Å². The minimum absolute atomic E-state index is 0.127. The van der Waals surface area contributed by atoms with Crippen LogP contribution in [-0.2, 0) is 4.79 Å². The van der Waals surface area contributed by atoms with E-state index in [1.165, 1.54) is 6.42 Å². The van der Waals surface area contributed by atoms with Crippen LogP contribution in [-0.4, -0.2) is 48.9 Å². The van der Waals surface area contributed by atoms with Crippen molar-refractivity contribution < 1.29 is 4.79 Å². The fourth-order valence-corrected chi connectivity index (χ4v) is 2.50. The highest BCUT2D eigenvalue weighted by molar-refractivity contribution is 5.87. The number of piperidine rings is 1. The van der Waals surface area contributed by atoms with Crippen LogP contribution in [0.1, 0.15) is 20.3 Å². The van der Waals surface area contributed by atoms with Gasteiger partial charge < -0.3 is 4.90 Å². The summed E-state index contributed by atoms with van der Waals surface area (Å²) >= 11 is 0. The first kappa shape index (κ1) is 14.8. The summed E-state index contributed by atoms with van der Waals surface area (Å²) in [5.41, 5.74) is 0. The summed E-state index contributed by atoms with van der Waals surface area (Å²) < 4.78 is 0. The van der Waals surface area contributed by atoms with Crippen molar-refractivity contribution >= 4 is 5.91 Å². The van der Waals surface area contributed by atoms with E-state index in [0.29, 0.717) is 18.4 Å². The van der Waals surface area contributed by atoms with E-state index < -0.39 is 0 Å². The quantitative estimate of drug-likeness (QED) is 0.557. The monoisotopic (exact) mass is 248 g/mol. The zero-order valence-corrected chi connectivity index (χ0v) is 11.7. The van der Waals surface area contributed by atoms with Crippen molar-refractivity contribution in [2.45, 2.75) is 20.3 Å². The number of amides is 1. The van der Waals surface area contributed by atoms with Gasteiger partial charge in [0.05, 0.1) is 6.54 Å². The molecule has 1 heterocycles. The molecule has 2 unspecified atom stereocenters. The number of nitrogens with zero attached hydrogens (tertiary/aromatic N) is 2. The van der Waals surface area contributed by atoms with Crippen LogP contribution in [0.3, 0.4) is 0 Å². The van der Waals surface area contributed by atoms with Gasteiger partial charge in [0.15, 0.2) is 0 Å². The highest BCUT2D eigenvalue weighted by atomic mass is 16.2. The van der Waals surface area contributed by atoms with Crippen LogP contribution >= 0.6 is 0 Å². The molecule has 18 heavy (non-hydrogen) atoms. The summed E-state index contributed by atoms with van der Waals surface area (Å²) in [4.78, 5) is 16.0. The van der Waals surface area contributed by atoms with Crippen LogP contribution in [0.5, 0.6) is 0 Å². The molecule has 1 aliphatic rings. The molecule has 0 radical (unpaired) electrons. The van der Waals surface area contributed by atoms with Crippen LogP contribution in [0.2, 0.25) is 0 Å². The Labute approximate surface area is 111 Å². The first-order chi connectivity index (χ1) is 8.52. The molecule has 1 fully saturated rings. The summed E-state index contributed by atoms with van der Waals surface area (Å²) in [5, 5.41) is 0. The molecule has 3 heteroatoms. The number of hydrogen-bond donors (Lipinski definition) is 0. The van der Waals surface area contributed by atoms with Gasteiger partial charge in [-0.3, -0.25) is 9.69 Å². The number of likely N-dealkylation sites (tertiary alicyclic amines) is 1. The number of terminal acetylenes is 1. The Morgan fingerprint density at radius 2 is 2.06 bits per heavy atom.